The highest BCUT2D eigenvalue weighted by Gasteiger charge is 2.22. The summed E-state index contributed by atoms with van der Waals surface area (Å²) in [5, 5.41) is 3.09. The first kappa shape index (κ1) is 15.4. The van der Waals surface area contributed by atoms with E-state index in [9.17, 15) is 8.78 Å². The van der Waals surface area contributed by atoms with E-state index in [1.807, 2.05) is 0 Å². The molecule has 1 fully saturated rings. The van der Waals surface area contributed by atoms with E-state index in [0.717, 1.165) is 18.8 Å². The zero-order chi connectivity index (χ0) is 14.5. The number of hydrogen-bond acceptors (Lipinski definition) is 1. The van der Waals surface area contributed by atoms with Gasteiger partial charge in [0.25, 0.3) is 0 Å². The SMILES string of the molecule is CNC(CCC1CCCCC1)c1c(F)ccc(C)c1F. The molecule has 1 unspecified atom stereocenters. The molecule has 1 N–H and O–H groups in total. The summed E-state index contributed by atoms with van der Waals surface area (Å²) in [6.45, 7) is 1.69. The van der Waals surface area contributed by atoms with Gasteiger partial charge in [-0.1, -0.05) is 38.2 Å². The molecule has 0 aliphatic heterocycles. The van der Waals surface area contributed by atoms with E-state index in [-0.39, 0.29) is 11.6 Å². The zero-order valence-electron chi connectivity index (χ0n) is 12.5. The summed E-state index contributed by atoms with van der Waals surface area (Å²) in [6, 6.07) is 2.65. The first-order valence-electron chi connectivity index (χ1n) is 7.75. The Hall–Kier alpha value is -0.960. The van der Waals surface area contributed by atoms with Gasteiger partial charge in [0.05, 0.1) is 0 Å². The number of benzene rings is 1. The molecule has 0 saturated heterocycles. The van der Waals surface area contributed by atoms with Gasteiger partial charge < -0.3 is 5.32 Å². The normalized spacial score (nSPS) is 18.2. The minimum atomic E-state index is -0.434. The van der Waals surface area contributed by atoms with Crippen molar-refractivity contribution in [1.29, 1.82) is 0 Å². The summed E-state index contributed by atoms with van der Waals surface area (Å²) in [5.74, 6) is -0.0976. The standard InChI is InChI=1S/C17H25F2N/c1-12-8-10-14(18)16(17(12)19)15(20-2)11-9-13-6-4-3-5-7-13/h8,10,13,15,20H,3-7,9,11H2,1-2H3. The maximum Gasteiger partial charge on any atom is 0.133 e. The van der Waals surface area contributed by atoms with Crippen molar-refractivity contribution >= 4 is 0 Å². The Morgan fingerprint density at radius 2 is 1.90 bits per heavy atom. The fraction of sp³-hybridized carbons (Fsp3) is 0.647. The zero-order valence-corrected chi connectivity index (χ0v) is 12.5. The largest absolute Gasteiger partial charge is 0.313 e. The predicted molar refractivity (Wildman–Crippen MR) is 78.7 cm³/mol. The van der Waals surface area contributed by atoms with Crippen LogP contribution in [0.25, 0.3) is 0 Å². The number of rotatable bonds is 5. The monoisotopic (exact) mass is 281 g/mol. The quantitative estimate of drug-likeness (QED) is 0.810. The lowest BCUT2D eigenvalue weighted by Crippen LogP contribution is -2.21. The molecule has 1 nitrogen and oxygen atoms in total. The Bertz CT molecular complexity index is 439. The second-order valence-corrected chi connectivity index (χ2v) is 6.01. The van der Waals surface area contributed by atoms with Gasteiger partial charge in [-0.2, -0.15) is 0 Å². The number of aryl methyl sites for hydroxylation is 1. The van der Waals surface area contributed by atoms with Crippen molar-refractivity contribution in [2.24, 2.45) is 5.92 Å². The second kappa shape index (κ2) is 7.16. The molecule has 1 aromatic carbocycles. The summed E-state index contributed by atoms with van der Waals surface area (Å²) in [5.41, 5.74) is 0.725. The molecule has 1 atom stereocenters. The number of hydrogen-bond donors (Lipinski definition) is 1. The molecule has 0 radical (unpaired) electrons. The highest BCUT2D eigenvalue weighted by Crippen LogP contribution is 2.32. The topological polar surface area (TPSA) is 12.0 Å². The maximum absolute atomic E-state index is 14.2. The van der Waals surface area contributed by atoms with E-state index in [2.05, 4.69) is 5.32 Å². The Balaban J connectivity index is 2.06. The van der Waals surface area contributed by atoms with Crippen LogP contribution in [0.1, 0.15) is 62.1 Å². The molecule has 0 heterocycles. The minimum Gasteiger partial charge on any atom is -0.313 e. The van der Waals surface area contributed by atoms with Crippen molar-refractivity contribution in [1.82, 2.24) is 5.32 Å². The van der Waals surface area contributed by atoms with Gasteiger partial charge in [0.1, 0.15) is 11.6 Å². The van der Waals surface area contributed by atoms with Crippen molar-refractivity contribution in [3.05, 3.63) is 34.9 Å². The molecule has 112 valence electrons. The second-order valence-electron chi connectivity index (χ2n) is 6.01. The van der Waals surface area contributed by atoms with Crippen LogP contribution in [0.5, 0.6) is 0 Å². The average molecular weight is 281 g/mol. The van der Waals surface area contributed by atoms with Crippen LogP contribution in [0.3, 0.4) is 0 Å². The molecule has 0 spiro atoms. The number of nitrogens with one attached hydrogen (secondary N) is 1. The third-order valence-electron chi connectivity index (χ3n) is 4.60. The predicted octanol–water partition coefficient (Wildman–Crippen LogP) is 4.89. The van der Waals surface area contributed by atoms with Crippen molar-refractivity contribution in [3.63, 3.8) is 0 Å². The molecule has 1 aliphatic carbocycles. The lowest BCUT2D eigenvalue weighted by Gasteiger charge is -2.25. The van der Waals surface area contributed by atoms with Crippen LogP contribution in [0.4, 0.5) is 8.78 Å². The van der Waals surface area contributed by atoms with Crippen LogP contribution < -0.4 is 5.32 Å². The Morgan fingerprint density at radius 1 is 1.20 bits per heavy atom. The lowest BCUT2D eigenvalue weighted by molar-refractivity contribution is 0.313. The van der Waals surface area contributed by atoms with Gasteiger partial charge in [0.15, 0.2) is 0 Å². The Labute approximate surface area is 120 Å². The van der Waals surface area contributed by atoms with E-state index in [1.165, 1.54) is 44.2 Å². The maximum atomic E-state index is 14.2. The summed E-state index contributed by atoms with van der Waals surface area (Å²) >= 11 is 0. The van der Waals surface area contributed by atoms with Crippen molar-refractivity contribution < 1.29 is 8.78 Å². The fourth-order valence-electron chi connectivity index (χ4n) is 3.31. The summed E-state index contributed by atoms with van der Waals surface area (Å²) in [4.78, 5) is 0. The van der Waals surface area contributed by atoms with Gasteiger partial charge in [-0.05, 0) is 44.4 Å². The van der Waals surface area contributed by atoms with Crippen LogP contribution in [0.15, 0.2) is 12.1 Å². The summed E-state index contributed by atoms with van der Waals surface area (Å²) in [6.07, 6.45) is 8.36. The van der Waals surface area contributed by atoms with Gasteiger partial charge in [0, 0.05) is 11.6 Å². The van der Waals surface area contributed by atoms with Crippen molar-refractivity contribution in [3.8, 4) is 0 Å². The van der Waals surface area contributed by atoms with Crippen LogP contribution in [-0.2, 0) is 0 Å². The third kappa shape index (κ3) is 3.57. The summed E-state index contributed by atoms with van der Waals surface area (Å²) in [7, 11) is 1.78. The first-order chi connectivity index (χ1) is 9.63. The molecular weight excluding hydrogens is 256 g/mol. The van der Waals surface area contributed by atoms with Crippen molar-refractivity contribution in [2.45, 2.75) is 57.9 Å². The molecule has 0 bridgehead atoms. The van der Waals surface area contributed by atoms with E-state index < -0.39 is 11.6 Å². The molecule has 0 aromatic heterocycles. The smallest absolute Gasteiger partial charge is 0.133 e. The van der Waals surface area contributed by atoms with Crippen LogP contribution in [0, 0.1) is 24.5 Å². The van der Waals surface area contributed by atoms with Gasteiger partial charge in [-0.3, -0.25) is 0 Å². The van der Waals surface area contributed by atoms with E-state index in [1.54, 1.807) is 14.0 Å². The molecule has 0 amide bonds. The molecule has 3 heteroatoms. The van der Waals surface area contributed by atoms with E-state index in [4.69, 9.17) is 0 Å². The molecule has 20 heavy (non-hydrogen) atoms. The molecule has 1 aliphatic rings. The van der Waals surface area contributed by atoms with Gasteiger partial charge in [-0.25, -0.2) is 8.78 Å². The van der Waals surface area contributed by atoms with Crippen LogP contribution in [0.2, 0.25) is 0 Å². The van der Waals surface area contributed by atoms with Gasteiger partial charge in [0.2, 0.25) is 0 Å². The lowest BCUT2D eigenvalue weighted by atomic mass is 9.84. The molecular formula is C17H25F2N. The van der Waals surface area contributed by atoms with E-state index >= 15 is 0 Å². The molecule has 1 aromatic rings. The van der Waals surface area contributed by atoms with Crippen LogP contribution in [-0.4, -0.2) is 7.05 Å². The van der Waals surface area contributed by atoms with Gasteiger partial charge in [-0.15, -0.1) is 0 Å². The average Bonchev–Trinajstić information content (AvgIpc) is 2.47. The van der Waals surface area contributed by atoms with Crippen molar-refractivity contribution in [2.75, 3.05) is 7.05 Å². The molecule has 1 saturated carbocycles. The van der Waals surface area contributed by atoms with Crippen LogP contribution >= 0.6 is 0 Å². The summed E-state index contributed by atoms with van der Waals surface area (Å²) < 4.78 is 28.1. The Kier molecular flexibility index (Phi) is 5.53. The molecule has 2 rings (SSSR count). The van der Waals surface area contributed by atoms with Gasteiger partial charge >= 0.3 is 0 Å². The Morgan fingerprint density at radius 3 is 2.55 bits per heavy atom. The minimum absolute atomic E-state index is 0.211. The highest BCUT2D eigenvalue weighted by molar-refractivity contribution is 5.29. The fourth-order valence-corrected chi connectivity index (χ4v) is 3.31. The van der Waals surface area contributed by atoms with E-state index in [0.29, 0.717) is 5.56 Å². The first-order valence-corrected chi connectivity index (χ1v) is 7.75. The number of halogens is 2. The highest BCUT2D eigenvalue weighted by atomic mass is 19.1. The third-order valence-corrected chi connectivity index (χ3v) is 4.60.